The molecule has 4 nitrogen and oxygen atoms in total. The predicted molar refractivity (Wildman–Crippen MR) is 75.6 cm³/mol. The van der Waals surface area contributed by atoms with E-state index < -0.39 is 5.41 Å². The number of carbonyl (C=O) groups is 1. The Hall–Kier alpha value is -0.610. The summed E-state index contributed by atoms with van der Waals surface area (Å²) in [6.45, 7) is 9.88. The molecule has 0 aromatic heterocycles. The Balaban J connectivity index is 4.36. The lowest BCUT2D eigenvalue weighted by molar-refractivity contribution is -0.150. The molecule has 0 saturated heterocycles. The van der Waals surface area contributed by atoms with Gasteiger partial charge in [0.25, 0.3) is 0 Å². The molecule has 1 atom stereocenters. The fourth-order valence-corrected chi connectivity index (χ4v) is 1.98. The van der Waals surface area contributed by atoms with E-state index in [4.69, 9.17) is 4.74 Å². The molecule has 0 saturated carbocycles. The molecule has 18 heavy (non-hydrogen) atoms. The lowest BCUT2D eigenvalue weighted by Crippen LogP contribution is -2.45. The van der Waals surface area contributed by atoms with E-state index in [1.165, 1.54) is 7.11 Å². The smallest absolute Gasteiger partial charge is 0.312 e. The van der Waals surface area contributed by atoms with Gasteiger partial charge in [0.2, 0.25) is 0 Å². The number of carbonyl (C=O) groups excluding carboxylic acids is 1. The first-order chi connectivity index (χ1) is 8.19. The zero-order chi connectivity index (χ0) is 14.3. The van der Waals surface area contributed by atoms with E-state index in [9.17, 15) is 4.79 Å². The van der Waals surface area contributed by atoms with Crippen LogP contribution in [0, 0.1) is 11.3 Å². The summed E-state index contributed by atoms with van der Waals surface area (Å²) < 4.78 is 4.82. The van der Waals surface area contributed by atoms with Crippen molar-refractivity contribution >= 4 is 5.97 Å². The quantitative estimate of drug-likeness (QED) is 0.674. The van der Waals surface area contributed by atoms with E-state index in [1.807, 2.05) is 13.8 Å². The first-order valence-corrected chi connectivity index (χ1v) is 6.65. The molecule has 0 radical (unpaired) electrons. The standard InChI is InChI=1S/C14H30N2O2/c1-11(2)8-12(9-16(5)6)15-10-14(3,4)13(17)18-7/h11-12,15H,8-10H2,1-7H3. The summed E-state index contributed by atoms with van der Waals surface area (Å²) in [5, 5.41) is 3.50. The van der Waals surface area contributed by atoms with E-state index in [0.29, 0.717) is 18.5 Å². The second-order valence-electron chi connectivity index (χ2n) is 6.35. The zero-order valence-corrected chi connectivity index (χ0v) is 13.0. The van der Waals surface area contributed by atoms with Gasteiger partial charge in [-0.25, -0.2) is 0 Å². The van der Waals surface area contributed by atoms with E-state index in [0.717, 1.165) is 13.0 Å². The van der Waals surface area contributed by atoms with Crippen molar-refractivity contribution in [1.29, 1.82) is 0 Å². The van der Waals surface area contributed by atoms with Gasteiger partial charge in [0.05, 0.1) is 12.5 Å². The third kappa shape index (κ3) is 6.97. The number of nitrogens with one attached hydrogen (secondary N) is 1. The molecule has 1 unspecified atom stereocenters. The number of methoxy groups -OCH3 is 1. The van der Waals surface area contributed by atoms with Crippen molar-refractivity contribution in [2.45, 2.75) is 40.2 Å². The van der Waals surface area contributed by atoms with Gasteiger partial charge in [-0.3, -0.25) is 4.79 Å². The van der Waals surface area contributed by atoms with Crippen molar-refractivity contribution in [2.75, 3.05) is 34.3 Å². The average molecular weight is 258 g/mol. The molecule has 1 N–H and O–H groups in total. The molecule has 0 aromatic carbocycles. The molecular weight excluding hydrogens is 228 g/mol. The Kier molecular flexibility index (Phi) is 7.48. The molecule has 108 valence electrons. The lowest BCUT2D eigenvalue weighted by Gasteiger charge is -2.28. The van der Waals surface area contributed by atoms with Crippen molar-refractivity contribution in [2.24, 2.45) is 11.3 Å². The normalized spacial score (nSPS) is 14.1. The van der Waals surface area contributed by atoms with Crippen LogP contribution in [0.3, 0.4) is 0 Å². The number of ether oxygens (including phenoxy) is 1. The maximum Gasteiger partial charge on any atom is 0.312 e. The fourth-order valence-electron chi connectivity index (χ4n) is 1.98. The van der Waals surface area contributed by atoms with Gasteiger partial charge in [0.1, 0.15) is 0 Å². The Morgan fingerprint density at radius 1 is 1.33 bits per heavy atom. The van der Waals surface area contributed by atoms with Crippen molar-refractivity contribution in [3.8, 4) is 0 Å². The minimum Gasteiger partial charge on any atom is -0.469 e. The highest BCUT2D eigenvalue weighted by Crippen LogP contribution is 2.16. The number of hydrogen-bond donors (Lipinski definition) is 1. The van der Waals surface area contributed by atoms with Crippen LogP contribution in [0.5, 0.6) is 0 Å². The minimum absolute atomic E-state index is 0.164. The Morgan fingerprint density at radius 2 is 1.89 bits per heavy atom. The molecule has 0 aromatic rings. The third-order valence-corrected chi connectivity index (χ3v) is 2.91. The van der Waals surface area contributed by atoms with Crippen molar-refractivity contribution < 1.29 is 9.53 Å². The number of likely N-dealkylation sites (N-methyl/N-ethyl adjacent to an activating group) is 1. The Morgan fingerprint density at radius 3 is 2.28 bits per heavy atom. The first-order valence-electron chi connectivity index (χ1n) is 6.65. The summed E-state index contributed by atoms with van der Waals surface area (Å²) in [5.74, 6) is 0.479. The van der Waals surface area contributed by atoms with Gasteiger partial charge in [0.15, 0.2) is 0 Å². The molecule has 0 amide bonds. The molecule has 4 heteroatoms. The predicted octanol–water partition coefficient (Wildman–Crippen LogP) is 1.75. The highest BCUT2D eigenvalue weighted by Gasteiger charge is 2.29. The average Bonchev–Trinajstić information content (AvgIpc) is 2.23. The van der Waals surface area contributed by atoms with Crippen LogP contribution in [0.25, 0.3) is 0 Å². The van der Waals surface area contributed by atoms with Crippen LogP contribution in [0.1, 0.15) is 34.1 Å². The van der Waals surface area contributed by atoms with Crippen LogP contribution in [0.15, 0.2) is 0 Å². The van der Waals surface area contributed by atoms with Crippen LogP contribution < -0.4 is 5.32 Å². The van der Waals surface area contributed by atoms with Gasteiger partial charge in [0, 0.05) is 19.1 Å². The van der Waals surface area contributed by atoms with E-state index in [-0.39, 0.29) is 5.97 Å². The molecule has 0 bridgehead atoms. The van der Waals surface area contributed by atoms with Crippen molar-refractivity contribution in [3.05, 3.63) is 0 Å². The van der Waals surface area contributed by atoms with Crippen molar-refractivity contribution in [3.63, 3.8) is 0 Å². The van der Waals surface area contributed by atoms with Gasteiger partial charge in [-0.15, -0.1) is 0 Å². The highest BCUT2D eigenvalue weighted by atomic mass is 16.5. The minimum atomic E-state index is -0.476. The maximum atomic E-state index is 11.6. The van der Waals surface area contributed by atoms with Crippen LogP contribution in [0.4, 0.5) is 0 Å². The summed E-state index contributed by atoms with van der Waals surface area (Å²) in [7, 11) is 5.58. The number of rotatable bonds is 8. The van der Waals surface area contributed by atoms with Gasteiger partial charge in [-0.1, -0.05) is 13.8 Å². The van der Waals surface area contributed by atoms with Crippen molar-refractivity contribution in [1.82, 2.24) is 10.2 Å². The number of hydrogen-bond acceptors (Lipinski definition) is 4. The van der Waals surface area contributed by atoms with Crippen LogP contribution in [0.2, 0.25) is 0 Å². The van der Waals surface area contributed by atoms with E-state index in [1.54, 1.807) is 0 Å². The lowest BCUT2D eigenvalue weighted by atomic mass is 9.92. The highest BCUT2D eigenvalue weighted by molar-refractivity contribution is 5.76. The second-order valence-corrected chi connectivity index (χ2v) is 6.35. The van der Waals surface area contributed by atoms with Crippen LogP contribution in [-0.2, 0) is 9.53 Å². The summed E-state index contributed by atoms with van der Waals surface area (Å²) in [6.07, 6.45) is 1.11. The molecule has 0 spiro atoms. The first kappa shape index (κ1) is 17.4. The summed E-state index contributed by atoms with van der Waals surface area (Å²) in [5.41, 5.74) is -0.476. The van der Waals surface area contributed by atoms with Gasteiger partial charge < -0.3 is 15.0 Å². The number of esters is 1. The molecular formula is C14H30N2O2. The van der Waals surface area contributed by atoms with E-state index in [2.05, 4.69) is 38.2 Å². The summed E-state index contributed by atoms with van der Waals surface area (Å²) >= 11 is 0. The Labute approximate surface area is 112 Å². The summed E-state index contributed by atoms with van der Waals surface area (Å²) in [4.78, 5) is 13.8. The van der Waals surface area contributed by atoms with Gasteiger partial charge in [-0.2, -0.15) is 0 Å². The van der Waals surface area contributed by atoms with Crippen LogP contribution in [-0.4, -0.2) is 51.2 Å². The van der Waals surface area contributed by atoms with Crippen LogP contribution >= 0.6 is 0 Å². The SMILES string of the molecule is COC(=O)C(C)(C)CNC(CC(C)C)CN(C)C. The zero-order valence-electron chi connectivity index (χ0n) is 13.0. The van der Waals surface area contributed by atoms with E-state index >= 15 is 0 Å². The van der Waals surface area contributed by atoms with Gasteiger partial charge >= 0.3 is 5.97 Å². The maximum absolute atomic E-state index is 11.6. The largest absolute Gasteiger partial charge is 0.469 e. The molecule has 0 aliphatic carbocycles. The second kappa shape index (κ2) is 7.74. The fraction of sp³-hybridized carbons (Fsp3) is 0.929. The topological polar surface area (TPSA) is 41.6 Å². The summed E-state index contributed by atoms with van der Waals surface area (Å²) in [6, 6.07) is 0.406. The molecule has 0 aliphatic heterocycles. The molecule has 0 fully saturated rings. The number of nitrogens with zero attached hydrogens (tertiary/aromatic N) is 1. The Bertz CT molecular complexity index is 240. The molecule has 0 aliphatic rings. The monoisotopic (exact) mass is 258 g/mol. The molecule has 0 heterocycles. The third-order valence-electron chi connectivity index (χ3n) is 2.91. The van der Waals surface area contributed by atoms with Gasteiger partial charge in [-0.05, 0) is 40.3 Å². The molecule has 0 rings (SSSR count).